The Morgan fingerprint density at radius 3 is 2.36 bits per heavy atom. The molecule has 6 nitrogen and oxygen atoms in total. The van der Waals surface area contributed by atoms with Crippen LogP contribution in [0.3, 0.4) is 0 Å². The molecule has 5 rings (SSSR count). The third-order valence-corrected chi connectivity index (χ3v) is 13.7. The van der Waals surface area contributed by atoms with Crippen LogP contribution in [0.15, 0.2) is 17.7 Å². The van der Waals surface area contributed by atoms with Crippen molar-refractivity contribution in [2.45, 2.75) is 123 Å². The number of nitrogens with two attached hydrogens (primary N) is 1. The van der Waals surface area contributed by atoms with Crippen molar-refractivity contribution in [3.05, 3.63) is 34.4 Å². The lowest BCUT2D eigenvalue weighted by Gasteiger charge is -2.70. The smallest absolute Gasteiger partial charge is 0.504 e. The topological polar surface area (TPSA) is 98.8 Å². The van der Waals surface area contributed by atoms with Crippen molar-refractivity contribution in [1.29, 1.82) is 0 Å². The molecular formula is C35H51NO5S. The Morgan fingerprint density at radius 2 is 1.74 bits per heavy atom. The van der Waals surface area contributed by atoms with Gasteiger partial charge in [-0.05, 0) is 103 Å². The molecule has 3 N–H and O–H groups in total. The van der Waals surface area contributed by atoms with Crippen molar-refractivity contribution in [2.75, 3.05) is 6.61 Å². The maximum atomic E-state index is 12.7. The number of hydrogen-bond acceptors (Lipinski definition) is 6. The molecule has 3 saturated carbocycles. The van der Waals surface area contributed by atoms with Gasteiger partial charge in [0.25, 0.3) is 0 Å². The molecule has 4 aliphatic rings. The summed E-state index contributed by atoms with van der Waals surface area (Å²) in [4.78, 5) is 25.0. The zero-order valence-corrected chi connectivity index (χ0v) is 27.9. The van der Waals surface area contributed by atoms with Crippen LogP contribution in [0.4, 0.5) is 4.79 Å². The average molecular weight is 598 g/mol. The van der Waals surface area contributed by atoms with Crippen LogP contribution < -0.4 is 10.5 Å². The number of carbonyl (C=O) groups is 2. The number of hydrogen-bond donors (Lipinski definition) is 2. The summed E-state index contributed by atoms with van der Waals surface area (Å²) >= 11 is 1.90. The minimum atomic E-state index is -0.802. The van der Waals surface area contributed by atoms with Crippen molar-refractivity contribution < 1.29 is 24.2 Å². The molecule has 0 heterocycles. The quantitative estimate of drug-likeness (QED) is 0.201. The first-order valence-electron chi connectivity index (χ1n) is 15.9. The summed E-state index contributed by atoms with van der Waals surface area (Å²) in [5.41, 5.74) is 9.99. The van der Waals surface area contributed by atoms with Crippen LogP contribution in [0.5, 0.6) is 11.5 Å². The van der Waals surface area contributed by atoms with E-state index >= 15 is 0 Å². The molecule has 0 bridgehead atoms. The van der Waals surface area contributed by atoms with Crippen LogP contribution >= 0.6 is 11.8 Å². The number of phenolic OH excluding ortho intramolecular Hbond substituents is 1. The number of phenols is 1. The lowest BCUT2D eigenvalue weighted by Crippen LogP contribution is -2.63. The molecule has 0 aromatic heterocycles. The third kappa shape index (κ3) is 4.42. The minimum Gasteiger partial charge on any atom is -0.504 e. The van der Waals surface area contributed by atoms with Gasteiger partial charge < -0.3 is 20.3 Å². The van der Waals surface area contributed by atoms with E-state index in [1.807, 2.05) is 24.8 Å². The summed E-state index contributed by atoms with van der Waals surface area (Å²) in [6, 6.07) is 1.86. The van der Waals surface area contributed by atoms with Gasteiger partial charge in [0, 0.05) is 21.6 Å². The second-order valence-corrected chi connectivity index (χ2v) is 16.9. The number of fused-ring (bicyclic) bond motifs is 7. The van der Waals surface area contributed by atoms with Crippen LogP contribution in [0.25, 0.3) is 0 Å². The first kappa shape index (κ1) is 31.3. The van der Waals surface area contributed by atoms with Crippen LogP contribution in [0.1, 0.15) is 122 Å². The SMILES string of the molecule is CCOC(=O)Oc1c(O)cc2c(c1C)C(SC(C)C)C=C1[C@@]2(C)CC[C@@]2(C)[C@@H]3C[C@](C)(C(N)=O)CC[C@]3(C)CC[C@]12C. The van der Waals surface area contributed by atoms with Gasteiger partial charge in [-0.1, -0.05) is 60.1 Å². The number of aromatic hydroxyl groups is 1. The Kier molecular flexibility index (Phi) is 7.60. The number of amides is 1. The number of carbonyl (C=O) groups excluding carboxylic acids is 2. The molecule has 4 aliphatic carbocycles. The molecule has 42 heavy (non-hydrogen) atoms. The highest BCUT2D eigenvalue weighted by atomic mass is 32.2. The zero-order valence-electron chi connectivity index (χ0n) is 27.1. The molecule has 232 valence electrons. The van der Waals surface area contributed by atoms with Gasteiger partial charge in [0.05, 0.1) is 6.61 Å². The van der Waals surface area contributed by atoms with E-state index in [4.69, 9.17) is 15.2 Å². The largest absolute Gasteiger partial charge is 0.513 e. The molecule has 7 heteroatoms. The van der Waals surface area contributed by atoms with E-state index in [0.29, 0.717) is 11.2 Å². The maximum absolute atomic E-state index is 12.7. The molecule has 3 fully saturated rings. The summed E-state index contributed by atoms with van der Waals surface area (Å²) in [7, 11) is 0. The van der Waals surface area contributed by atoms with Crippen LogP contribution in [0.2, 0.25) is 0 Å². The van der Waals surface area contributed by atoms with Gasteiger partial charge in [-0.3, -0.25) is 4.79 Å². The number of allylic oxidation sites excluding steroid dienone is 1. The van der Waals surface area contributed by atoms with E-state index in [-0.39, 0.29) is 50.9 Å². The average Bonchev–Trinajstić information content (AvgIpc) is 2.90. The fourth-order valence-corrected chi connectivity index (χ4v) is 10.9. The predicted octanol–water partition coefficient (Wildman–Crippen LogP) is 8.51. The lowest BCUT2D eigenvalue weighted by molar-refractivity contribution is -0.166. The van der Waals surface area contributed by atoms with Gasteiger partial charge in [0.15, 0.2) is 11.5 Å². The zero-order chi connectivity index (χ0) is 31.0. The van der Waals surface area contributed by atoms with Crippen molar-refractivity contribution >= 4 is 23.8 Å². The minimum absolute atomic E-state index is 0.0110. The molecule has 0 radical (unpaired) electrons. The maximum Gasteiger partial charge on any atom is 0.513 e. The highest BCUT2D eigenvalue weighted by molar-refractivity contribution is 8.00. The summed E-state index contributed by atoms with van der Waals surface area (Å²) in [5, 5.41) is 11.7. The Morgan fingerprint density at radius 1 is 1.07 bits per heavy atom. The second kappa shape index (κ2) is 10.2. The summed E-state index contributed by atoms with van der Waals surface area (Å²) in [5.74, 6) is 0.408. The van der Waals surface area contributed by atoms with Crippen LogP contribution in [0, 0.1) is 34.5 Å². The van der Waals surface area contributed by atoms with E-state index in [0.717, 1.165) is 61.6 Å². The highest BCUT2D eigenvalue weighted by Crippen LogP contribution is 2.75. The molecule has 1 unspecified atom stereocenters. The number of rotatable bonds is 5. The molecule has 1 aromatic rings. The number of ether oxygens (including phenoxy) is 2. The normalized spacial score (nSPS) is 38.9. The monoisotopic (exact) mass is 597 g/mol. The van der Waals surface area contributed by atoms with Crippen molar-refractivity contribution in [1.82, 2.24) is 0 Å². The van der Waals surface area contributed by atoms with Gasteiger partial charge in [0.2, 0.25) is 5.91 Å². The van der Waals surface area contributed by atoms with Crippen molar-refractivity contribution in [2.24, 2.45) is 33.3 Å². The molecule has 0 saturated heterocycles. The summed E-state index contributed by atoms with van der Waals surface area (Å²) < 4.78 is 10.6. The third-order valence-electron chi connectivity index (χ3n) is 12.5. The Balaban J connectivity index is 1.66. The Hall–Kier alpha value is -2.15. The summed E-state index contributed by atoms with van der Waals surface area (Å²) in [6.07, 6.45) is 8.73. The Labute approximate surface area is 256 Å². The molecule has 0 spiro atoms. The highest BCUT2D eigenvalue weighted by Gasteiger charge is 2.67. The molecule has 0 aliphatic heterocycles. The Bertz CT molecular complexity index is 1340. The lowest BCUT2D eigenvalue weighted by atomic mass is 9.34. The fraction of sp³-hybridized carbons (Fsp3) is 0.714. The standard InChI is InChI=1S/C35H51NO5S/c1-10-40-30(39)41-28-21(4)27-22(17-23(28)37)33(7)14-16-35(9)26-19-32(6,29(36)38)12-11-31(26,5)13-15-34(35,8)25(33)18-24(27)42-20(2)3/h17-18,20,24,26,37H,10-16,19H2,1-9H3,(H2,36,38)/t24?,26-,31-,32-,33+,34-,35+/m1/s1. The van der Waals surface area contributed by atoms with Crippen molar-refractivity contribution in [3.8, 4) is 11.5 Å². The molecular weight excluding hydrogens is 546 g/mol. The van der Waals surface area contributed by atoms with E-state index in [2.05, 4.69) is 54.5 Å². The first-order chi connectivity index (χ1) is 19.5. The van der Waals surface area contributed by atoms with Gasteiger partial charge in [-0.2, -0.15) is 0 Å². The number of benzene rings is 1. The van der Waals surface area contributed by atoms with E-state index in [1.54, 1.807) is 6.92 Å². The first-order valence-corrected chi connectivity index (χ1v) is 16.8. The number of primary amides is 1. The van der Waals surface area contributed by atoms with Gasteiger partial charge >= 0.3 is 6.16 Å². The molecule has 1 amide bonds. The second-order valence-electron chi connectivity index (χ2n) is 15.2. The van der Waals surface area contributed by atoms with Gasteiger partial charge in [0.1, 0.15) is 0 Å². The number of thioether (sulfide) groups is 1. The van der Waals surface area contributed by atoms with Crippen LogP contribution in [-0.4, -0.2) is 29.0 Å². The van der Waals surface area contributed by atoms with E-state index < -0.39 is 11.6 Å². The van der Waals surface area contributed by atoms with Gasteiger partial charge in [-0.25, -0.2) is 4.79 Å². The molecule has 1 aromatic carbocycles. The predicted molar refractivity (Wildman–Crippen MR) is 169 cm³/mol. The van der Waals surface area contributed by atoms with E-state index in [9.17, 15) is 14.7 Å². The van der Waals surface area contributed by atoms with Crippen molar-refractivity contribution in [3.63, 3.8) is 0 Å². The summed E-state index contributed by atoms with van der Waals surface area (Å²) in [6.45, 7) is 20.2. The van der Waals surface area contributed by atoms with Gasteiger partial charge in [-0.15, -0.1) is 11.8 Å². The van der Waals surface area contributed by atoms with Crippen LogP contribution in [-0.2, 0) is 14.9 Å². The fourth-order valence-electron chi connectivity index (χ4n) is 9.67. The van der Waals surface area contributed by atoms with E-state index in [1.165, 1.54) is 5.57 Å². The molecule has 7 atom stereocenters.